The first-order chi connectivity index (χ1) is 8.25. The van der Waals surface area contributed by atoms with Crippen molar-refractivity contribution in [2.45, 2.75) is 58.5 Å². The number of aryl methyl sites for hydroxylation is 1. The molecule has 1 fully saturated rings. The van der Waals surface area contributed by atoms with Gasteiger partial charge in [0, 0.05) is 18.8 Å². The van der Waals surface area contributed by atoms with E-state index in [1.807, 2.05) is 19.2 Å². The fourth-order valence-corrected chi connectivity index (χ4v) is 2.67. The van der Waals surface area contributed by atoms with Crippen molar-refractivity contribution in [3.63, 3.8) is 0 Å². The largest absolute Gasteiger partial charge is 0.308 e. The molecule has 2 rings (SSSR count). The van der Waals surface area contributed by atoms with Crippen molar-refractivity contribution < 1.29 is 0 Å². The first-order valence-corrected chi connectivity index (χ1v) is 6.77. The van der Waals surface area contributed by atoms with Crippen LogP contribution in [-0.4, -0.2) is 16.0 Å². The molecule has 0 bridgehead atoms. The van der Waals surface area contributed by atoms with Gasteiger partial charge in [0.15, 0.2) is 0 Å². The molecule has 0 unspecified atom stereocenters. The molecule has 1 atom stereocenters. The van der Waals surface area contributed by atoms with Crippen LogP contribution in [0, 0.1) is 12.8 Å². The molecule has 1 aromatic heterocycles. The number of hydrogen-bond acceptors (Lipinski definition) is 3. The van der Waals surface area contributed by atoms with Gasteiger partial charge in [-0.15, -0.1) is 0 Å². The maximum Gasteiger partial charge on any atom is 0.125 e. The van der Waals surface area contributed by atoms with Gasteiger partial charge in [-0.1, -0.05) is 19.3 Å². The molecular formula is C14H23N3. The highest BCUT2D eigenvalue weighted by atomic mass is 15.0. The lowest BCUT2D eigenvalue weighted by Gasteiger charge is -2.28. The highest BCUT2D eigenvalue weighted by Gasteiger charge is 2.19. The molecule has 0 aromatic carbocycles. The fraction of sp³-hybridized carbons (Fsp3) is 0.714. The van der Waals surface area contributed by atoms with Crippen molar-refractivity contribution in [2.75, 3.05) is 0 Å². The van der Waals surface area contributed by atoms with E-state index in [9.17, 15) is 0 Å². The average molecular weight is 233 g/mol. The van der Waals surface area contributed by atoms with Crippen LogP contribution in [0.25, 0.3) is 0 Å². The Balaban J connectivity index is 1.80. The molecule has 0 aliphatic heterocycles. The summed E-state index contributed by atoms with van der Waals surface area (Å²) in [6, 6.07) is 2.60. The molecule has 1 aromatic rings. The summed E-state index contributed by atoms with van der Waals surface area (Å²) >= 11 is 0. The summed E-state index contributed by atoms with van der Waals surface area (Å²) in [5.74, 6) is 1.71. The highest BCUT2D eigenvalue weighted by Crippen LogP contribution is 2.26. The summed E-state index contributed by atoms with van der Waals surface area (Å²) in [4.78, 5) is 8.53. The Morgan fingerprint density at radius 3 is 2.82 bits per heavy atom. The number of aromatic nitrogens is 2. The van der Waals surface area contributed by atoms with E-state index in [0.717, 1.165) is 24.0 Å². The molecule has 17 heavy (non-hydrogen) atoms. The molecule has 0 spiro atoms. The van der Waals surface area contributed by atoms with Gasteiger partial charge >= 0.3 is 0 Å². The minimum Gasteiger partial charge on any atom is -0.308 e. The maximum absolute atomic E-state index is 4.42. The molecule has 1 N–H and O–H groups in total. The van der Waals surface area contributed by atoms with E-state index in [-0.39, 0.29) is 0 Å². The summed E-state index contributed by atoms with van der Waals surface area (Å²) in [7, 11) is 0. The molecule has 94 valence electrons. The second-order valence-corrected chi connectivity index (χ2v) is 5.16. The summed E-state index contributed by atoms with van der Waals surface area (Å²) in [5.41, 5.74) is 1.10. The van der Waals surface area contributed by atoms with Gasteiger partial charge < -0.3 is 5.32 Å². The van der Waals surface area contributed by atoms with Crippen LogP contribution in [0.4, 0.5) is 0 Å². The number of nitrogens with zero attached hydrogens (tertiary/aromatic N) is 2. The zero-order valence-corrected chi connectivity index (χ0v) is 10.9. The van der Waals surface area contributed by atoms with E-state index in [1.54, 1.807) is 0 Å². The van der Waals surface area contributed by atoms with Crippen LogP contribution in [0.5, 0.6) is 0 Å². The zero-order valence-electron chi connectivity index (χ0n) is 10.9. The minimum absolute atomic E-state index is 0.602. The van der Waals surface area contributed by atoms with Gasteiger partial charge in [-0.05, 0) is 38.7 Å². The summed E-state index contributed by atoms with van der Waals surface area (Å²) in [5, 5.41) is 3.61. The van der Waals surface area contributed by atoms with Crippen LogP contribution in [-0.2, 0) is 6.54 Å². The van der Waals surface area contributed by atoms with Gasteiger partial charge in [-0.25, -0.2) is 9.97 Å². The molecular weight excluding hydrogens is 210 g/mol. The van der Waals surface area contributed by atoms with Gasteiger partial charge in [-0.3, -0.25) is 0 Å². The van der Waals surface area contributed by atoms with E-state index in [2.05, 4.69) is 22.2 Å². The number of rotatable bonds is 4. The van der Waals surface area contributed by atoms with Crippen LogP contribution >= 0.6 is 0 Å². The Morgan fingerprint density at radius 2 is 2.12 bits per heavy atom. The smallest absolute Gasteiger partial charge is 0.125 e. The molecule has 1 saturated carbocycles. The van der Waals surface area contributed by atoms with Crippen LogP contribution in [0.1, 0.15) is 50.5 Å². The van der Waals surface area contributed by atoms with Gasteiger partial charge in [-0.2, -0.15) is 0 Å². The van der Waals surface area contributed by atoms with Crippen molar-refractivity contribution in [3.8, 4) is 0 Å². The highest BCUT2D eigenvalue weighted by molar-refractivity contribution is 5.01. The summed E-state index contributed by atoms with van der Waals surface area (Å²) in [6.07, 6.45) is 8.85. The first kappa shape index (κ1) is 12.5. The molecule has 0 saturated heterocycles. The quantitative estimate of drug-likeness (QED) is 0.869. The molecule has 0 amide bonds. The molecule has 3 heteroatoms. The van der Waals surface area contributed by atoms with Gasteiger partial charge in [0.2, 0.25) is 0 Å². The zero-order chi connectivity index (χ0) is 12.1. The number of hydrogen-bond donors (Lipinski definition) is 1. The predicted octanol–water partition coefficient (Wildman–Crippen LogP) is 2.84. The molecule has 3 nitrogen and oxygen atoms in total. The molecule has 1 heterocycles. The SMILES string of the molecule is Cc1nccc(CN[C@H](C)C2CCCCC2)n1. The van der Waals surface area contributed by atoms with Gasteiger partial charge in [0.05, 0.1) is 5.69 Å². The predicted molar refractivity (Wildman–Crippen MR) is 69.6 cm³/mol. The summed E-state index contributed by atoms with van der Waals surface area (Å²) < 4.78 is 0. The Kier molecular flexibility index (Phi) is 4.49. The maximum atomic E-state index is 4.42. The van der Waals surface area contributed by atoms with Crippen LogP contribution in [0.2, 0.25) is 0 Å². The fourth-order valence-electron chi connectivity index (χ4n) is 2.67. The lowest BCUT2D eigenvalue weighted by molar-refractivity contribution is 0.280. The molecule has 0 radical (unpaired) electrons. The van der Waals surface area contributed by atoms with Crippen LogP contribution < -0.4 is 5.32 Å². The Labute approximate surface area is 104 Å². The minimum atomic E-state index is 0.602. The van der Waals surface area contributed by atoms with E-state index >= 15 is 0 Å². The van der Waals surface area contributed by atoms with E-state index < -0.39 is 0 Å². The Morgan fingerprint density at radius 1 is 1.35 bits per heavy atom. The van der Waals surface area contributed by atoms with Gasteiger partial charge in [0.25, 0.3) is 0 Å². The van der Waals surface area contributed by atoms with Crippen molar-refractivity contribution in [1.29, 1.82) is 0 Å². The lowest BCUT2D eigenvalue weighted by atomic mass is 9.84. The topological polar surface area (TPSA) is 37.8 Å². The van der Waals surface area contributed by atoms with Crippen LogP contribution in [0.15, 0.2) is 12.3 Å². The standard InChI is InChI=1S/C14H23N3/c1-11(13-6-4-3-5-7-13)16-10-14-8-9-15-12(2)17-14/h8-9,11,13,16H,3-7,10H2,1-2H3/t11-/m1/s1. The average Bonchev–Trinajstić information content (AvgIpc) is 2.37. The van der Waals surface area contributed by atoms with E-state index in [0.29, 0.717) is 6.04 Å². The Bertz CT molecular complexity index is 345. The Hall–Kier alpha value is -0.960. The third-order valence-corrected chi connectivity index (χ3v) is 3.80. The molecule has 1 aliphatic carbocycles. The van der Waals surface area contributed by atoms with Crippen molar-refractivity contribution in [3.05, 3.63) is 23.8 Å². The second-order valence-electron chi connectivity index (χ2n) is 5.16. The van der Waals surface area contributed by atoms with E-state index in [4.69, 9.17) is 0 Å². The van der Waals surface area contributed by atoms with E-state index in [1.165, 1.54) is 32.1 Å². The summed E-state index contributed by atoms with van der Waals surface area (Å²) in [6.45, 7) is 5.11. The second kappa shape index (κ2) is 6.10. The van der Waals surface area contributed by atoms with Gasteiger partial charge in [0.1, 0.15) is 5.82 Å². The third-order valence-electron chi connectivity index (χ3n) is 3.80. The normalized spacial score (nSPS) is 19.2. The van der Waals surface area contributed by atoms with Crippen LogP contribution in [0.3, 0.4) is 0 Å². The van der Waals surface area contributed by atoms with Crippen molar-refractivity contribution in [1.82, 2.24) is 15.3 Å². The van der Waals surface area contributed by atoms with Crippen molar-refractivity contribution in [2.24, 2.45) is 5.92 Å². The lowest BCUT2D eigenvalue weighted by Crippen LogP contribution is -2.34. The third kappa shape index (κ3) is 3.77. The monoisotopic (exact) mass is 233 g/mol. The first-order valence-electron chi connectivity index (χ1n) is 6.77. The number of nitrogens with one attached hydrogen (secondary N) is 1. The molecule has 1 aliphatic rings. The van der Waals surface area contributed by atoms with Crippen molar-refractivity contribution >= 4 is 0 Å².